The maximum absolute atomic E-state index is 12.6. The lowest BCUT2D eigenvalue weighted by Gasteiger charge is -2.13. The molecule has 4 nitrogen and oxygen atoms in total. The molecule has 0 saturated heterocycles. The van der Waals surface area contributed by atoms with Gasteiger partial charge in [0.05, 0.1) is 12.2 Å². The predicted molar refractivity (Wildman–Crippen MR) is 150 cm³/mol. The maximum atomic E-state index is 12.6. The van der Waals surface area contributed by atoms with Gasteiger partial charge >= 0.3 is 0 Å². The molecular formula is C29H50N2O2S. The van der Waals surface area contributed by atoms with Crippen molar-refractivity contribution in [2.45, 2.75) is 117 Å². The maximum Gasteiger partial charge on any atom is 0.261 e. The molecule has 0 spiro atoms. The molecule has 0 aromatic heterocycles. The van der Waals surface area contributed by atoms with Gasteiger partial charge in [0.15, 0.2) is 5.11 Å². The van der Waals surface area contributed by atoms with Crippen LogP contribution in [-0.4, -0.2) is 24.2 Å². The van der Waals surface area contributed by atoms with Gasteiger partial charge < -0.3 is 10.1 Å². The van der Waals surface area contributed by atoms with Crippen LogP contribution in [0.4, 0.5) is 0 Å². The molecular weight excluding hydrogens is 440 g/mol. The normalized spacial score (nSPS) is 10.9. The van der Waals surface area contributed by atoms with Crippen LogP contribution in [-0.2, 0) is 0 Å². The summed E-state index contributed by atoms with van der Waals surface area (Å²) in [5, 5.41) is 6.34. The number of unbranched alkanes of at least 4 members (excludes halogenated alkanes) is 13. The van der Waals surface area contributed by atoms with E-state index in [1.807, 2.05) is 18.2 Å². The molecule has 2 N–H and O–H groups in total. The summed E-state index contributed by atoms with van der Waals surface area (Å²) in [4.78, 5) is 12.6. The van der Waals surface area contributed by atoms with E-state index < -0.39 is 0 Å². The van der Waals surface area contributed by atoms with Gasteiger partial charge in [0, 0.05) is 6.54 Å². The molecule has 1 amide bonds. The third-order valence-electron chi connectivity index (χ3n) is 6.13. The van der Waals surface area contributed by atoms with E-state index in [0.717, 1.165) is 19.4 Å². The lowest BCUT2D eigenvalue weighted by atomic mass is 10.0. The first kappa shape index (κ1) is 30.4. The Labute approximate surface area is 215 Å². The zero-order valence-electron chi connectivity index (χ0n) is 22.1. The highest BCUT2D eigenvalue weighted by molar-refractivity contribution is 7.80. The Morgan fingerprint density at radius 1 is 0.853 bits per heavy atom. The number of amides is 1. The number of nitrogens with one attached hydrogen (secondary N) is 2. The summed E-state index contributed by atoms with van der Waals surface area (Å²) in [6.45, 7) is 7.99. The van der Waals surface area contributed by atoms with Crippen molar-refractivity contribution < 1.29 is 9.53 Å². The molecule has 0 radical (unpaired) electrons. The average molecular weight is 491 g/mol. The number of carbonyl (C=O) groups excluding carboxylic acids is 1. The Hall–Kier alpha value is -1.62. The van der Waals surface area contributed by atoms with Crippen molar-refractivity contribution in [2.75, 3.05) is 13.2 Å². The van der Waals surface area contributed by atoms with Gasteiger partial charge in [-0.2, -0.15) is 0 Å². The van der Waals surface area contributed by atoms with Crippen LogP contribution in [0.15, 0.2) is 24.3 Å². The number of hydrogen-bond donors (Lipinski definition) is 2. The third-order valence-corrected chi connectivity index (χ3v) is 6.37. The topological polar surface area (TPSA) is 50.4 Å². The van der Waals surface area contributed by atoms with Crippen LogP contribution in [0.3, 0.4) is 0 Å². The van der Waals surface area contributed by atoms with Gasteiger partial charge in [-0.25, -0.2) is 0 Å². The number of carbonyl (C=O) groups is 1. The summed E-state index contributed by atoms with van der Waals surface area (Å²) in [7, 11) is 0. The van der Waals surface area contributed by atoms with E-state index >= 15 is 0 Å². The molecule has 5 heteroatoms. The molecule has 1 aromatic rings. The second-order valence-electron chi connectivity index (χ2n) is 9.83. The SMILES string of the molecule is CCCCCCCCCCCCCCCCNC(=S)NC(=O)c1ccccc1OCCC(C)C. The largest absolute Gasteiger partial charge is 0.493 e. The molecule has 0 atom stereocenters. The second kappa shape index (κ2) is 20.7. The average Bonchev–Trinajstić information content (AvgIpc) is 2.81. The van der Waals surface area contributed by atoms with E-state index in [-0.39, 0.29) is 5.91 Å². The lowest BCUT2D eigenvalue weighted by Crippen LogP contribution is -2.39. The highest BCUT2D eigenvalue weighted by atomic mass is 32.1. The van der Waals surface area contributed by atoms with Crippen LogP contribution in [0.25, 0.3) is 0 Å². The molecule has 0 aliphatic heterocycles. The number of hydrogen-bond acceptors (Lipinski definition) is 3. The Morgan fingerprint density at radius 2 is 1.38 bits per heavy atom. The van der Waals surface area contributed by atoms with Gasteiger partial charge in [0.2, 0.25) is 0 Å². The number of para-hydroxylation sites is 1. The number of ether oxygens (including phenoxy) is 1. The summed E-state index contributed by atoms with van der Waals surface area (Å²) in [5.41, 5.74) is 0.520. The summed E-state index contributed by atoms with van der Waals surface area (Å²) >= 11 is 5.31. The van der Waals surface area contributed by atoms with E-state index in [0.29, 0.717) is 29.0 Å². The molecule has 0 heterocycles. The molecule has 0 unspecified atom stereocenters. The van der Waals surface area contributed by atoms with Crippen LogP contribution < -0.4 is 15.4 Å². The Bertz CT molecular complexity index is 663. The summed E-state index contributed by atoms with van der Waals surface area (Å²) < 4.78 is 5.82. The van der Waals surface area contributed by atoms with Crippen molar-refractivity contribution >= 4 is 23.2 Å². The van der Waals surface area contributed by atoms with Crippen molar-refractivity contribution in [3.63, 3.8) is 0 Å². The van der Waals surface area contributed by atoms with Gasteiger partial charge in [-0.15, -0.1) is 0 Å². The molecule has 0 bridgehead atoms. The van der Waals surface area contributed by atoms with Crippen LogP contribution in [0, 0.1) is 5.92 Å². The van der Waals surface area contributed by atoms with Crippen LogP contribution >= 0.6 is 12.2 Å². The highest BCUT2D eigenvalue weighted by Gasteiger charge is 2.13. The minimum absolute atomic E-state index is 0.224. The quantitative estimate of drug-likeness (QED) is 0.143. The smallest absolute Gasteiger partial charge is 0.261 e. The van der Waals surface area contributed by atoms with Crippen molar-refractivity contribution in [1.29, 1.82) is 0 Å². The number of rotatable bonds is 20. The molecule has 34 heavy (non-hydrogen) atoms. The third kappa shape index (κ3) is 16.1. The van der Waals surface area contributed by atoms with Gasteiger partial charge in [0.25, 0.3) is 5.91 Å². The first-order valence-corrected chi connectivity index (χ1v) is 14.3. The highest BCUT2D eigenvalue weighted by Crippen LogP contribution is 2.18. The number of thiocarbonyl (C=S) groups is 1. The fourth-order valence-corrected chi connectivity index (χ4v) is 4.12. The van der Waals surface area contributed by atoms with Crippen LogP contribution in [0.5, 0.6) is 5.75 Å². The predicted octanol–water partition coefficient (Wildman–Crippen LogP) is 8.20. The van der Waals surface area contributed by atoms with Gasteiger partial charge in [-0.05, 0) is 43.1 Å². The summed E-state index contributed by atoms with van der Waals surface area (Å²) in [6.07, 6.45) is 19.8. The molecule has 1 rings (SSSR count). The molecule has 0 saturated carbocycles. The van der Waals surface area contributed by atoms with E-state index in [1.165, 1.54) is 83.5 Å². The summed E-state index contributed by atoms with van der Waals surface area (Å²) in [6, 6.07) is 7.33. The monoisotopic (exact) mass is 490 g/mol. The molecule has 0 fully saturated rings. The molecule has 1 aromatic carbocycles. The number of benzene rings is 1. The minimum Gasteiger partial charge on any atom is -0.493 e. The lowest BCUT2D eigenvalue weighted by molar-refractivity contribution is 0.0972. The zero-order valence-corrected chi connectivity index (χ0v) is 22.9. The first-order chi connectivity index (χ1) is 16.5. The fourth-order valence-electron chi connectivity index (χ4n) is 3.92. The Balaban J connectivity index is 2.04. The van der Waals surface area contributed by atoms with Crippen molar-refractivity contribution in [1.82, 2.24) is 10.6 Å². The molecule has 194 valence electrons. The van der Waals surface area contributed by atoms with E-state index in [4.69, 9.17) is 17.0 Å². The van der Waals surface area contributed by atoms with Gasteiger partial charge in [0.1, 0.15) is 5.75 Å². The fraction of sp³-hybridized carbons (Fsp3) is 0.724. The minimum atomic E-state index is -0.224. The van der Waals surface area contributed by atoms with Crippen LogP contribution in [0.2, 0.25) is 0 Å². The van der Waals surface area contributed by atoms with Crippen molar-refractivity contribution in [3.8, 4) is 5.75 Å². The second-order valence-corrected chi connectivity index (χ2v) is 10.2. The van der Waals surface area contributed by atoms with Gasteiger partial charge in [-0.3, -0.25) is 10.1 Å². The zero-order chi connectivity index (χ0) is 24.9. The van der Waals surface area contributed by atoms with Crippen LogP contribution in [0.1, 0.15) is 127 Å². The Morgan fingerprint density at radius 3 is 1.94 bits per heavy atom. The van der Waals surface area contributed by atoms with E-state index in [1.54, 1.807) is 6.07 Å². The van der Waals surface area contributed by atoms with E-state index in [9.17, 15) is 4.79 Å². The summed E-state index contributed by atoms with van der Waals surface area (Å²) in [5.74, 6) is 0.946. The van der Waals surface area contributed by atoms with Gasteiger partial charge in [-0.1, -0.05) is 116 Å². The molecule has 0 aliphatic carbocycles. The van der Waals surface area contributed by atoms with Crippen molar-refractivity contribution in [3.05, 3.63) is 29.8 Å². The Kier molecular flexibility index (Phi) is 18.5. The standard InChI is InChI=1S/C29H50N2O2S/c1-4-5-6-7-8-9-10-11-12-13-14-15-16-19-23-30-29(34)31-28(32)26-20-17-18-21-27(26)33-24-22-25(2)3/h17-18,20-21,25H,4-16,19,22-24H2,1-3H3,(H2,30,31,32,34). The van der Waals surface area contributed by atoms with E-state index in [2.05, 4.69) is 31.4 Å². The van der Waals surface area contributed by atoms with Crippen molar-refractivity contribution in [2.24, 2.45) is 5.92 Å². The first-order valence-electron chi connectivity index (χ1n) is 13.9. The molecule has 0 aliphatic rings.